The van der Waals surface area contributed by atoms with Crippen molar-refractivity contribution in [2.24, 2.45) is 0 Å². The molecule has 0 saturated heterocycles. The fourth-order valence-corrected chi connectivity index (χ4v) is 2.07. The van der Waals surface area contributed by atoms with Gasteiger partial charge in [-0.3, -0.25) is 14.9 Å². The lowest BCUT2D eigenvalue weighted by Gasteiger charge is -2.13. The van der Waals surface area contributed by atoms with Crippen LogP contribution < -0.4 is 14.8 Å². The molecule has 23 heavy (non-hydrogen) atoms. The van der Waals surface area contributed by atoms with Crippen LogP contribution in [0.25, 0.3) is 0 Å². The van der Waals surface area contributed by atoms with Crippen LogP contribution in [0.2, 0.25) is 0 Å². The first kappa shape index (κ1) is 16.3. The molecule has 0 fully saturated rings. The number of nitrogens with zero attached hydrogens (tertiary/aromatic N) is 1. The molecule has 2 aromatic carbocycles. The summed E-state index contributed by atoms with van der Waals surface area (Å²) >= 11 is 0. The zero-order valence-electron chi connectivity index (χ0n) is 13.0. The molecule has 1 N–H and O–H groups in total. The van der Waals surface area contributed by atoms with Crippen molar-refractivity contribution in [2.75, 3.05) is 19.5 Å². The van der Waals surface area contributed by atoms with Crippen molar-refractivity contribution in [3.8, 4) is 11.5 Å². The number of nitrogens with one attached hydrogen (secondary N) is 1. The number of hydrogen-bond donors (Lipinski definition) is 1. The summed E-state index contributed by atoms with van der Waals surface area (Å²) < 4.78 is 10.4. The molecular formula is C16H16N2O5. The Labute approximate surface area is 133 Å². The molecule has 0 atom stereocenters. The van der Waals surface area contributed by atoms with E-state index in [1.165, 1.54) is 38.5 Å². The predicted octanol–water partition coefficient (Wildman–Crippen LogP) is 3.17. The Kier molecular flexibility index (Phi) is 4.80. The van der Waals surface area contributed by atoms with Gasteiger partial charge in [0.15, 0.2) is 11.5 Å². The van der Waals surface area contributed by atoms with Gasteiger partial charge >= 0.3 is 0 Å². The lowest BCUT2D eigenvalue weighted by atomic mass is 10.1. The predicted molar refractivity (Wildman–Crippen MR) is 85.3 cm³/mol. The molecule has 0 aromatic heterocycles. The summed E-state index contributed by atoms with van der Waals surface area (Å²) in [6, 6.07) is 8.92. The molecule has 1 amide bonds. The minimum absolute atomic E-state index is 0.137. The van der Waals surface area contributed by atoms with E-state index in [-0.39, 0.29) is 11.3 Å². The van der Waals surface area contributed by atoms with Crippen LogP contribution in [0.15, 0.2) is 36.4 Å². The third-order valence-corrected chi connectivity index (χ3v) is 3.30. The van der Waals surface area contributed by atoms with Gasteiger partial charge in [-0.1, -0.05) is 6.07 Å². The third-order valence-electron chi connectivity index (χ3n) is 3.30. The standard InChI is InChI=1S/C16H16N2O5/c1-10-7-14(22-2)15(23-3)9-13(10)17-16(19)11-5-4-6-12(8-11)18(20)21/h4-9H,1-3H3,(H,17,19). The Morgan fingerprint density at radius 2 is 1.78 bits per heavy atom. The molecule has 120 valence electrons. The zero-order valence-corrected chi connectivity index (χ0v) is 13.0. The molecule has 0 radical (unpaired) electrons. The number of non-ortho nitro benzene ring substituents is 1. The number of anilines is 1. The van der Waals surface area contributed by atoms with Gasteiger partial charge < -0.3 is 14.8 Å². The van der Waals surface area contributed by atoms with E-state index in [0.29, 0.717) is 17.2 Å². The summed E-state index contributed by atoms with van der Waals surface area (Å²) in [6.07, 6.45) is 0. The Balaban J connectivity index is 2.30. The van der Waals surface area contributed by atoms with Crippen LogP contribution in [0, 0.1) is 17.0 Å². The average Bonchev–Trinajstić information content (AvgIpc) is 2.56. The normalized spacial score (nSPS) is 10.0. The quantitative estimate of drug-likeness (QED) is 0.676. The fraction of sp³-hybridized carbons (Fsp3) is 0.188. The van der Waals surface area contributed by atoms with Crippen molar-refractivity contribution < 1.29 is 19.2 Å². The number of aryl methyl sites for hydroxylation is 1. The molecule has 0 heterocycles. The van der Waals surface area contributed by atoms with Gasteiger partial charge in [-0.15, -0.1) is 0 Å². The first-order chi connectivity index (χ1) is 11.0. The van der Waals surface area contributed by atoms with E-state index in [2.05, 4.69) is 5.32 Å². The fourth-order valence-electron chi connectivity index (χ4n) is 2.07. The smallest absolute Gasteiger partial charge is 0.270 e. The van der Waals surface area contributed by atoms with E-state index in [4.69, 9.17) is 9.47 Å². The second-order valence-electron chi connectivity index (χ2n) is 4.78. The Morgan fingerprint density at radius 1 is 1.13 bits per heavy atom. The molecule has 0 unspecified atom stereocenters. The van der Waals surface area contributed by atoms with Gasteiger partial charge in [0.2, 0.25) is 0 Å². The average molecular weight is 316 g/mol. The van der Waals surface area contributed by atoms with Crippen LogP contribution in [-0.4, -0.2) is 25.1 Å². The van der Waals surface area contributed by atoms with Crippen LogP contribution in [0.5, 0.6) is 11.5 Å². The minimum atomic E-state index is -0.543. The van der Waals surface area contributed by atoms with Gasteiger partial charge in [0.25, 0.3) is 11.6 Å². The Bertz CT molecular complexity index is 758. The lowest BCUT2D eigenvalue weighted by molar-refractivity contribution is -0.384. The van der Waals surface area contributed by atoms with Gasteiger partial charge in [0.05, 0.1) is 19.1 Å². The van der Waals surface area contributed by atoms with E-state index in [9.17, 15) is 14.9 Å². The summed E-state index contributed by atoms with van der Waals surface area (Å²) in [5, 5.41) is 13.5. The molecule has 0 spiro atoms. The highest BCUT2D eigenvalue weighted by Gasteiger charge is 2.14. The van der Waals surface area contributed by atoms with E-state index in [0.717, 1.165) is 5.56 Å². The largest absolute Gasteiger partial charge is 0.493 e. The van der Waals surface area contributed by atoms with Gasteiger partial charge in [-0.25, -0.2) is 0 Å². The second kappa shape index (κ2) is 6.78. The summed E-state index contributed by atoms with van der Waals surface area (Å²) in [5.41, 5.74) is 1.38. The highest BCUT2D eigenvalue weighted by molar-refractivity contribution is 6.05. The molecule has 0 aliphatic rings. The summed E-state index contributed by atoms with van der Waals surface area (Å²) in [6.45, 7) is 1.81. The summed E-state index contributed by atoms with van der Waals surface area (Å²) in [5.74, 6) is 0.592. The minimum Gasteiger partial charge on any atom is -0.493 e. The number of methoxy groups -OCH3 is 2. The maximum atomic E-state index is 12.3. The number of hydrogen-bond acceptors (Lipinski definition) is 5. The third kappa shape index (κ3) is 3.57. The number of carbonyl (C=O) groups excluding carboxylic acids is 1. The Hall–Kier alpha value is -3.09. The van der Waals surface area contributed by atoms with Crippen LogP contribution in [0.4, 0.5) is 11.4 Å². The van der Waals surface area contributed by atoms with Gasteiger partial charge in [0.1, 0.15) is 0 Å². The number of carbonyl (C=O) groups is 1. The molecule has 0 saturated carbocycles. The first-order valence-electron chi connectivity index (χ1n) is 6.74. The van der Waals surface area contributed by atoms with Crippen molar-refractivity contribution in [1.82, 2.24) is 0 Å². The van der Waals surface area contributed by atoms with Crippen LogP contribution in [-0.2, 0) is 0 Å². The van der Waals surface area contributed by atoms with E-state index in [1.54, 1.807) is 12.1 Å². The number of nitro groups is 1. The number of nitro benzene ring substituents is 1. The highest BCUT2D eigenvalue weighted by atomic mass is 16.6. The number of benzene rings is 2. The highest BCUT2D eigenvalue weighted by Crippen LogP contribution is 2.33. The molecule has 7 heteroatoms. The molecule has 2 aromatic rings. The van der Waals surface area contributed by atoms with Gasteiger partial charge in [0, 0.05) is 29.4 Å². The summed E-state index contributed by atoms with van der Waals surface area (Å²) in [7, 11) is 3.03. The molecule has 7 nitrogen and oxygen atoms in total. The van der Waals surface area contributed by atoms with Gasteiger partial charge in [-0.2, -0.15) is 0 Å². The maximum Gasteiger partial charge on any atom is 0.270 e. The maximum absolute atomic E-state index is 12.3. The monoisotopic (exact) mass is 316 g/mol. The summed E-state index contributed by atoms with van der Waals surface area (Å²) in [4.78, 5) is 22.5. The van der Waals surface area contributed by atoms with Crippen LogP contribution >= 0.6 is 0 Å². The number of rotatable bonds is 5. The van der Waals surface area contributed by atoms with E-state index >= 15 is 0 Å². The molecule has 2 rings (SSSR count). The van der Waals surface area contributed by atoms with Crippen molar-refractivity contribution in [2.45, 2.75) is 6.92 Å². The topological polar surface area (TPSA) is 90.7 Å². The molecule has 0 aliphatic heterocycles. The molecule has 0 aliphatic carbocycles. The van der Waals surface area contributed by atoms with Crippen molar-refractivity contribution in [3.63, 3.8) is 0 Å². The molecule has 0 bridgehead atoms. The zero-order chi connectivity index (χ0) is 17.0. The molecular weight excluding hydrogens is 300 g/mol. The first-order valence-corrected chi connectivity index (χ1v) is 6.74. The van der Waals surface area contributed by atoms with Crippen molar-refractivity contribution >= 4 is 17.3 Å². The van der Waals surface area contributed by atoms with E-state index < -0.39 is 10.8 Å². The van der Waals surface area contributed by atoms with E-state index in [1.807, 2.05) is 6.92 Å². The number of ether oxygens (including phenoxy) is 2. The van der Waals surface area contributed by atoms with Gasteiger partial charge in [-0.05, 0) is 24.6 Å². The second-order valence-corrected chi connectivity index (χ2v) is 4.78. The van der Waals surface area contributed by atoms with Crippen molar-refractivity contribution in [1.29, 1.82) is 0 Å². The van der Waals surface area contributed by atoms with Crippen molar-refractivity contribution in [3.05, 3.63) is 57.6 Å². The number of amides is 1. The van der Waals surface area contributed by atoms with Crippen LogP contribution in [0.3, 0.4) is 0 Å². The lowest BCUT2D eigenvalue weighted by Crippen LogP contribution is -2.13. The Morgan fingerprint density at radius 3 is 2.39 bits per heavy atom. The SMILES string of the molecule is COc1cc(C)c(NC(=O)c2cccc([N+](=O)[O-])c2)cc1OC. The van der Waals surface area contributed by atoms with Crippen LogP contribution in [0.1, 0.15) is 15.9 Å².